The summed E-state index contributed by atoms with van der Waals surface area (Å²) in [5.41, 5.74) is 0.874. The second-order valence-corrected chi connectivity index (χ2v) is 4.68. The second-order valence-electron chi connectivity index (χ2n) is 4.68. The van der Waals surface area contributed by atoms with Gasteiger partial charge in [-0.15, -0.1) is 0 Å². The number of hydrogen-bond acceptors (Lipinski definition) is 5. The molecule has 0 fully saturated rings. The van der Waals surface area contributed by atoms with Crippen LogP contribution in [0.15, 0.2) is 28.8 Å². The Balaban J connectivity index is 2.10. The molecule has 2 aromatic rings. The summed E-state index contributed by atoms with van der Waals surface area (Å²) in [5.74, 6) is 2.90. The van der Waals surface area contributed by atoms with E-state index in [1.54, 1.807) is 20.4 Å². The maximum atomic E-state index is 5.79. The van der Waals surface area contributed by atoms with Crippen LogP contribution in [0.5, 0.6) is 11.5 Å². The van der Waals surface area contributed by atoms with Gasteiger partial charge in [-0.1, -0.05) is 6.92 Å². The van der Waals surface area contributed by atoms with E-state index in [-0.39, 0.29) is 0 Å². The van der Waals surface area contributed by atoms with Crippen molar-refractivity contribution in [3.63, 3.8) is 0 Å². The molecule has 0 spiro atoms. The minimum Gasteiger partial charge on any atom is -0.497 e. The number of benzene rings is 1. The van der Waals surface area contributed by atoms with Crippen molar-refractivity contribution in [1.82, 2.24) is 10.3 Å². The number of oxazole rings is 1. The third-order valence-electron chi connectivity index (χ3n) is 3.17. The normalized spacial score (nSPS) is 10.6. The smallest absolute Gasteiger partial charge is 0.196 e. The maximum Gasteiger partial charge on any atom is 0.196 e. The predicted molar refractivity (Wildman–Crippen MR) is 81.9 cm³/mol. The highest BCUT2D eigenvalue weighted by Crippen LogP contribution is 2.33. The van der Waals surface area contributed by atoms with Gasteiger partial charge in [0.2, 0.25) is 0 Å². The van der Waals surface area contributed by atoms with E-state index in [4.69, 9.17) is 13.9 Å². The summed E-state index contributed by atoms with van der Waals surface area (Å²) in [7, 11) is 3.26. The first-order chi connectivity index (χ1) is 10.3. The fourth-order valence-electron chi connectivity index (χ4n) is 2.05. The number of nitrogens with zero attached hydrogens (tertiary/aromatic N) is 1. The quantitative estimate of drug-likeness (QED) is 0.758. The molecule has 0 aliphatic heterocycles. The molecule has 1 N–H and O–H groups in total. The highest BCUT2D eigenvalue weighted by molar-refractivity contribution is 5.66. The molecule has 0 aliphatic rings. The van der Waals surface area contributed by atoms with Crippen molar-refractivity contribution in [3.05, 3.63) is 30.3 Å². The molecule has 0 unspecified atom stereocenters. The van der Waals surface area contributed by atoms with E-state index in [0.717, 1.165) is 43.1 Å². The van der Waals surface area contributed by atoms with Crippen molar-refractivity contribution in [2.45, 2.75) is 19.8 Å². The van der Waals surface area contributed by atoms with Crippen molar-refractivity contribution in [3.8, 4) is 22.8 Å². The van der Waals surface area contributed by atoms with Crippen LogP contribution in [0.4, 0.5) is 0 Å². The zero-order valence-electron chi connectivity index (χ0n) is 12.8. The van der Waals surface area contributed by atoms with Gasteiger partial charge in [-0.2, -0.15) is 0 Å². The van der Waals surface area contributed by atoms with E-state index in [0.29, 0.717) is 11.5 Å². The summed E-state index contributed by atoms with van der Waals surface area (Å²) in [5, 5.41) is 3.33. The molecule has 0 aliphatic carbocycles. The van der Waals surface area contributed by atoms with E-state index >= 15 is 0 Å². The van der Waals surface area contributed by atoms with Crippen LogP contribution in [0.25, 0.3) is 11.3 Å². The number of methoxy groups -OCH3 is 2. The largest absolute Gasteiger partial charge is 0.497 e. The van der Waals surface area contributed by atoms with Crippen molar-refractivity contribution >= 4 is 0 Å². The van der Waals surface area contributed by atoms with Crippen LogP contribution < -0.4 is 14.8 Å². The molecular formula is C16H22N2O3. The fourth-order valence-corrected chi connectivity index (χ4v) is 2.05. The van der Waals surface area contributed by atoms with Crippen LogP contribution in [0, 0.1) is 0 Å². The first-order valence-corrected chi connectivity index (χ1v) is 7.16. The van der Waals surface area contributed by atoms with Gasteiger partial charge in [0.05, 0.1) is 26.0 Å². The minimum absolute atomic E-state index is 0.708. The van der Waals surface area contributed by atoms with E-state index in [1.165, 1.54) is 0 Å². The number of hydrogen-bond donors (Lipinski definition) is 1. The zero-order chi connectivity index (χ0) is 15.1. The molecule has 1 aromatic carbocycles. The Morgan fingerprint density at radius 3 is 2.76 bits per heavy atom. The van der Waals surface area contributed by atoms with E-state index in [1.807, 2.05) is 18.2 Å². The number of aromatic nitrogens is 1. The van der Waals surface area contributed by atoms with Gasteiger partial charge in [0.15, 0.2) is 11.7 Å². The third kappa shape index (κ3) is 3.98. The summed E-state index contributed by atoms with van der Waals surface area (Å²) < 4.78 is 16.4. The lowest BCUT2D eigenvalue weighted by atomic mass is 10.1. The molecular weight excluding hydrogens is 268 g/mol. The van der Waals surface area contributed by atoms with E-state index in [9.17, 15) is 0 Å². The monoisotopic (exact) mass is 290 g/mol. The first kappa shape index (κ1) is 15.4. The third-order valence-corrected chi connectivity index (χ3v) is 3.17. The van der Waals surface area contributed by atoms with Gasteiger partial charge in [-0.05, 0) is 25.1 Å². The molecule has 21 heavy (non-hydrogen) atoms. The van der Waals surface area contributed by atoms with Gasteiger partial charge >= 0.3 is 0 Å². The first-order valence-electron chi connectivity index (χ1n) is 7.16. The SMILES string of the molecule is CCCNCCc1ncc(-c2ccc(OC)cc2OC)o1. The molecule has 1 heterocycles. The van der Waals surface area contributed by atoms with Gasteiger partial charge in [-0.3, -0.25) is 0 Å². The Labute approximate surface area is 125 Å². The van der Waals surface area contributed by atoms with Crippen molar-refractivity contribution in [1.29, 1.82) is 0 Å². The van der Waals surface area contributed by atoms with Crippen molar-refractivity contribution in [2.24, 2.45) is 0 Å². The lowest BCUT2D eigenvalue weighted by Gasteiger charge is -2.08. The summed E-state index contributed by atoms with van der Waals surface area (Å²) in [6.45, 7) is 4.03. The Bertz CT molecular complexity index is 566. The van der Waals surface area contributed by atoms with Gasteiger partial charge in [0.1, 0.15) is 11.5 Å². The Kier molecular flexibility index (Phi) is 5.63. The van der Waals surface area contributed by atoms with Crippen molar-refractivity contribution < 1.29 is 13.9 Å². The van der Waals surface area contributed by atoms with Crippen LogP contribution in [-0.2, 0) is 6.42 Å². The molecule has 0 saturated heterocycles. The van der Waals surface area contributed by atoms with E-state index in [2.05, 4.69) is 17.2 Å². The molecule has 5 nitrogen and oxygen atoms in total. The molecule has 1 aromatic heterocycles. The average molecular weight is 290 g/mol. The lowest BCUT2D eigenvalue weighted by Crippen LogP contribution is -2.17. The Morgan fingerprint density at radius 1 is 1.19 bits per heavy atom. The lowest BCUT2D eigenvalue weighted by molar-refractivity contribution is 0.394. The zero-order valence-corrected chi connectivity index (χ0v) is 12.8. The van der Waals surface area contributed by atoms with Gasteiger partial charge < -0.3 is 19.2 Å². The molecule has 0 radical (unpaired) electrons. The second kappa shape index (κ2) is 7.69. The van der Waals surface area contributed by atoms with Crippen LogP contribution in [0.2, 0.25) is 0 Å². The summed E-state index contributed by atoms with van der Waals surface area (Å²) in [6, 6.07) is 5.63. The summed E-state index contributed by atoms with van der Waals surface area (Å²) >= 11 is 0. The molecule has 5 heteroatoms. The molecule has 114 valence electrons. The Hall–Kier alpha value is -2.01. The molecule has 0 amide bonds. The van der Waals surface area contributed by atoms with Crippen LogP contribution in [-0.4, -0.2) is 32.3 Å². The topological polar surface area (TPSA) is 56.5 Å². The predicted octanol–water partition coefficient (Wildman–Crippen LogP) is 2.90. The number of rotatable bonds is 8. The molecule has 0 saturated carbocycles. The molecule has 0 bridgehead atoms. The molecule has 2 rings (SSSR count). The number of ether oxygens (including phenoxy) is 2. The maximum absolute atomic E-state index is 5.79. The van der Waals surface area contributed by atoms with Crippen molar-refractivity contribution in [2.75, 3.05) is 27.3 Å². The van der Waals surface area contributed by atoms with E-state index < -0.39 is 0 Å². The summed E-state index contributed by atoms with van der Waals surface area (Å²) in [6.07, 6.45) is 3.64. The fraction of sp³-hybridized carbons (Fsp3) is 0.438. The van der Waals surface area contributed by atoms with Gasteiger partial charge in [0, 0.05) is 19.0 Å². The summed E-state index contributed by atoms with van der Waals surface area (Å²) in [4.78, 5) is 4.31. The highest BCUT2D eigenvalue weighted by atomic mass is 16.5. The van der Waals surface area contributed by atoms with Gasteiger partial charge in [-0.25, -0.2) is 4.98 Å². The highest BCUT2D eigenvalue weighted by Gasteiger charge is 2.12. The van der Waals surface area contributed by atoms with Gasteiger partial charge in [0.25, 0.3) is 0 Å². The average Bonchev–Trinajstić information content (AvgIpc) is 2.99. The van der Waals surface area contributed by atoms with Crippen LogP contribution in [0.3, 0.4) is 0 Å². The Morgan fingerprint density at radius 2 is 2.05 bits per heavy atom. The standard InChI is InChI=1S/C16H22N2O3/c1-4-8-17-9-7-16-18-11-15(21-16)13-6-5-12(19-2)10-14(13)20-3/h5-6,10-11,17H,4,7-9H2,1-3H3. The van der Waals surface area contributed by atoms with Crippen LogP contribution >= 0.6 is 0 Å². The molecule has 0 atom stereocenters. The number of nitrogens with one attached hydrogen (secondary N) is 1. The van der Waals surface area contributed by atoms with Crippen LogP contribution in [0.1, 0.15) is 19.2 Å². The minimum atomic E-state index is 0.708.